The molecule has 1 unspecified atom stereocenters. The van der Waals surface area contributed by atoms with Crippen molar-refractivity contribution in [2.75, 3.05) is 6.54 Å². The van der Waals surface area contributed by atoms with Gasteiger partial charge in [0.05, 0.1) is 17.6 Å². The zero-order valence-electron chi connectivity index (χ0n) is 12.7. The van der Waals surface area contributed by atoms with Gasteiger partial charge in [0.2, 0.25) is 6.54 Å². The molecule has 0 aliphatic rings. The highest BCUT2D eigenvalue weighted by Crippen LogP contribution is 2.29. The Morgan fingerprint density at radius 3 is 2.65 bits per heavy atom. The van der Waals surface area contributed by atoms with Crippen molar-refractivity contribution >= 4 is 11.3 Å². The Morgan fingerprint density at radius 2 is 2.09 bits per heavy atom. The maximum atomic E-state index is 11.0. The van der Waals surface area contributed by atoms with Crippen molar-refractivity contribution in [3.05, 3.63) is 79.7 Å². The average molecular weight is 327 g/mol. The smallest absolute Gasteiger partial charge is 0.216 e. The van der Waals surface area contributed by atoms with Crippen LogP contribution in [0.2, 0.25) is 0 Å². The monoisotopic (exact) mass is 327 g/mol. The standard InChI is InChI=1S/C17H17N3O2S/c1-13(19-11-14-6-3-2-4-7-14)15(10-18)16(12-20(21)22)17-8-5-9-23-17/h2-9,16,19H,11-12H2,1H3/b15-13+. The summed E-state index contributed by atoms with van der Waals surface area (Å²) in [6, 6.07) is 15.6. The number of allylic oxidation sites excluding steroid dienone is 1. The van der Waals surface area contributed by atoms with Crippen LogP contribution in [0, 0.1) is 21.4 Å². The number of nitro groups is 1. The molecule has 0 saturated heterocycles. The van der Waals surface area contributed by atoms with Gasteiger partial charge in [0.1, 0.15) is 0 Å². The molecule has 2 aromatic rings. The summed E-state index contributed by atoms with van der Waals surface area (Å²) in [7, 11) is 0. The van der Waals surface area contributed by atoms with Crippen molar-refractivity contribution in [3.63, 3.8) is 0 Å². The number of benzene rings is 1. The van der Waals surface area contributed by atoms with Crippen molar-refractivity contribution in [3.8, 4) is 6.07 Å². The molecule has 0 aliphatic heterocycles. The summed E-state index contributed by atoms with van der Waals surface area (Å²) in [5.74, 6) is -0.515. The fourth-order valence-corrected chi connectivity index (χ4v) is 3.14. The number of thiophene rings is 1. The Morgan fingerprint density at radius 1 is 1.35 bits per heavy atom. The molecule has 1 atom stereocenters. The van der Waals surface area contributed by atoms with Crippen molar-refractivity contribution in [2.24, 2.45) is 0 Å². The summed E-state index contributed by atoms with van der Waals surface area (Å²) < 4.78 is 0. The molecule has 1 heterocycles. The van der Waals surface area contributed by atoms with Crippen LogP contribution < -0.4 is 5.32 Å². The molecule has 6 heteroatoms. The number of nitriles is 1. The first-order valence-corrected chi connectivity index (χ1v) is 8.03. The lowest BCUT2D eigenvalue weighted by molar-refractivity contribution is -0.481. The molecule has 0 radical (unpaired) electrons. The van der Waals surface area contributed by atoms with E-state index in [2.05, 4.69) is 11.4 Å². The van der Waals surface area contributed by atoms with Gasteiger partial charge < -0.3 is 5.32 Å². The van der Waals surface area contributed by atoms with Gasteiger partial charge in [-0.2, -0.15) is 5.26 Å². The Bertz CT molecular complexity index is 718. The molecule has 2 rings (SSSR count). The minimum Gasteiger partial charge on any atom is -0.384 e. The number of nitrogens with zero attached hydrogens (tertiary/aromatic N) is 2. The normalized spacial score (nSPS) is 12.9. The largest absolute Gasteiger partial charge is 0.384 e. The molecule has 118 valence electrons. The minimum absolute atomic E-state index is 0.284. The van der Waals surface area contributed by atoms with Crippen LogP contribution in [0.15, 0.2) is 59.1 Å². The lowest BCUT2D eigenvalue weighted by atomic mass is 9.96. The fraction of sp³-hybridized carbons (Fsp3) is 0.235. The van der Waals surface area contributed by atoms with Crippen LogP contribution in [-0.4, -0.2) is 11.5 Å². The Hall–Kier alpha value is -2.65. The van der Waals surface area contributed by atoms with Gasteiger partial charge in [-0.25, -0.2) is 0 Å². The minimum atomic E-state index is -0.515. The predicted octanol–water partition coefficient (Wildman–Crippen LogP) is 3.70. The van der Waals surface area contributed by atoms with E-state index in [-0.39, 0.29) is 11.5 Å². The predicted molar refractivity (Wildman–Crippen MR) is 90.5 cm³/mol. The molecule has 5 nitrogen and oxygen atoms in total. The van der Waals surface area contributed by atoms with Crippen molar-refractivity contribution in [2.45, 2.75) is 19.4 Å². The zero-order chi connectivity index (χ0) is 16.7. The molecule has 0 aliphatic carbocycles. The Labute approximate surface area is 139 Å². The first-order valence-electron chi connectivity index (χ1n) is 7.15. The molecule has 0 bridgehead atoms. The molecule has 0 fully saturated rings. The topological polar surface area (TPSA) is 79.0 Å². The van der Waals surface area contributed by atoms with Gasteiger partial charge in [0, 0.05) is 22.0 Å². The second kappa shape index (κ2) is 8.11. The lowest BCUT2D eigenvalue weighted by Gasteiger charge is -2.15. The van der Waals surface area contributed by atoms with E-state index in [1.165, 1.54) is 11.3 Å². The van der Waals surface area contributed by atoms with E-state index in [4.69, 9.17) is 0 Å². The van der Waals surface area contributed by atoms with Gasteiger partial charge in [-0.05, 0) is 23.9 Å². The van der Waals surface area contributed by atoms with Gasteiger partial charge in [0.25, 0.3) is 0 Å². The maximum absolute atomic E-state index is 11.0. The second-order valence-corrected chi connectivity index (χ2v) is 6.05. The molecule has 1 N–H and O–H groups in total. The highest BCUT2D eigenvalue weighted by Gasteiger charge is 2.25. The number of hydrogen-bond acceptors (Lipinski definition) is 5. The third kappa shape index (κ3) is 4.66. The molecule has 0 spiro atoms. The third-order valence-corrected chi connectivity index (χ3v) is 4.48. The van der Waals surface area contributed by atoms with E-state index >= 15 is 0 Å². The quantitative estimate of drug-likeness (QED) is 0.478. The van der Waals surface area contributed by atoms with E-state index < -0.39 is 5.92 Å². The molecule has 0 amide bonds. The zero-order valence-corrected chi connectivity index (χ0v) is 13.5. The summed E-state index contributed by atoms with van der Waals surface area (Å²) in [5.41, 5.74) is 2.18. The van der Waals surface area contributed by atoms with Crippen molar-refractivity contribution in [1.82, 2.24) is 5.32 Å². The number of hydrogen-bond donors (Lipinski definition) is 1. The van der Waals surface area contributed by atoms with E-state index in [9.17, 15) is 15.4 Å². The van der Waals surface area contributed by atoms with E-state index in [0.717, 1.165) is 10.4 Å². The van der Waals surface area contributed by atoms with Crippen LogP contribution >= 0.6 is 11.3 Å². The highest BCUT2D eigenvalue weighted by atomic mass is 32.1. The summed E-state index contributed by atoms with van der Waals surface area (Å²) >= 11 is 1.43. The first-order chi connectivity index (χ1) is 11.1. The van der Waals surface area contributed by atoms with E-state index in [0.29, 0.717) is 17.8 Å². The summed E-state index contributed by atoms with van der Waals surface area (Å²) in [6.45, 7) is 2.09. The van der Waals surface area contributed by atoms with Crippen LogP contribution in [0.25, 0.3) is 0 Å². The van der Waals surface area contributed by atoms with Gasteiger partial charge in [-0.15, -0.1) is 11.3 Å². The summed E-state index contributed by atoms with van der Waals surface area (Å²) in [6.07, 6.45) is 0. The van der Waals surface area contributed by atoms with Crippen LogP contribution in [0.1, 0.15) is 23.3 Å². The van der Waals surface area contributed by atoms with Gasteiger partial charge in [0.15, 0.2) is 0 Å². The SMILES string of the molecule is C/C(NCc1ccccc1)=C(/C#N)C(C[N+](=O)[O-])c1cccs1. The first kappa shape index (κ1) is 16.7. The highest BCUT2D eigenvalue weighted by molar-refractivity contribution is 7.10. The molecule has 0 saturated carbocycles. The van der Waals surface area contributed by atoms with Gasteiger partial charge in [-0.1, -0.05) is 36.4 Å². The molecule has 23 heavy (non-hydrogen) atoms. The fourth-order valence-electron chi connectivity index (χ4n) is 2.31. The third-order valence-electron chi connectivity index (χ3n) is 3.49. The van der Waals surface area contributed by atoms with Gasteiger partial charge in [-0.3, -0.25) is 10.1 Å². The summed E-state index contributed by atoms with van der Waals surface area (Å²) in [5, 5.41) is 25.6. The molecule has 1 aromatic carbocycles. The molecular formula is C17H17N3O2S. The van der Waals surface area contributed by atoms with E-state index in [1.807, 2.05) is 47.8 Å². The van der Waals surface area contributed by atoms with E-state index in [1.54, 1.807) is 6.92 Å². The van der Waals surface area contributed by atoms with Crippen LogP contribution in [0.4, 0.5) is 0 Å². The van der Waals surface area contributed by atoms with Crippen molar-refractivity contribution < 1.29 is 4.92 Å². The Kier molecular flexibility index (Phi) is 5.89. The van der Waals surface area contributed by atoms with Crippen LogP contribution in [0.5, 0.6) is 0 Å². The van der Waals surface area contributed by atoms with Crippen molar-refractivity contribution in [1.29, 1.82) is 5.26 Å². The Balaban J connectivity index is 2.22. The number of rotatable bonds is 7. The van der Waals surface area contributed by atoms with Gasteiger partial charge >= 0.3 is 0 Å². The maximum Gasteiger partial charge on any atom is 0.216 e. The second-order valence-electron chi connectivity index (χ2n) is 5.07. The molecule has 1 aromatic heterocycles. The lowest BCUT2D eigenvalue weighted by Crippen LogP contribution is -2.19. The van der Waals surface area contributed by atoms with Crippen LogP contribution in [0.3, 0.4) is 0 Å². The summed E-state index contributed by atoms with van der Waals surface area (Å²) in [4.78, 5) is 11.4. The average Bonchev–Trinajstić information content (AvgIpc) is 3.07. The van der Waals surface area contributed by atoms with Crippen LogP contribution in [-0.2, 0) is 6.54 Å². The molecular weight excluding hydrogens is 310 g/mol. The number of nitrogens with one attached hydrogen (secondary N) is 1.